The highest BCUT2D eigenvalue weighted by atomic mass is 16.4. The Morgan fingerprint density at radius 1 is 1.26 bits per heavy atom. The number of carbonyl (C=O) groups excluding carboxylic acids is 1. The standard InChI is InChI=1S/C17H23N3O3/c1-4-17(5-2,16(22)23)11-18-15(21)10-20-12(3)19-13-8-6-7-9-14(13)20/h6-9H,4-5,10-11H2,1-3H3,(H,18,21)(H,22,23). The zero-order valence-corrected chi connectivity index (χ0v) is 13.8. The Labute approximate surface area is 135 Å². The van der Waals surface area contributed by atoms with E-state index in [2.05, 4.69) is 10.3 Å². The highest BCUT2D eigenvalue weighted by Gasteiger charge is 2.35. The summed E-state index contributed by atoms with van der Waals surface area (Å²) in [6.07, 6.45) is 0.957. The number of fused-ring (bicyclic) bond motifs is 1. The third kappa shape index (κ3) is 3.36. The van der Waals surface area contributed by atoms with Crippen molar-refractivity contribution < 1.29 is 14.7 Å². The van der Waals surface area contributed by atoms with Gasteiger partial charge >= 0.3 is 5.97 Å². The number of imidazole rings is 1. The van der Waals surface area contributed by atoms with Gasteiger partial charge in [-0.15, -0.1) is 0 Å². The van der Waals surface area contributed by atoms with E-state index in [1.165, 1.54) is 0 Å². The van der Waals surface area contributed by atoms with Gasteiger partial charge in [-0.1, -0.05) is 26.0 Å². The van der Waals surface area contributed by atoms with E-state index in [9.17, 15) is 14.7 Å². The number of carboxylic acids is 1. The molecule has 0 spiro atoms. The minimum atomic E-state index is -0.901. The molecular weight excluding hydrogens is 294 g/mol. The molecule has 0 aliphatic rings. The Kier molecular flexibility index (Phi) is 5.03. The fourth-order valence-electron chi connectivity index (χ4n) is 2.74. The van der Waals surface area contributed by atoms with Crippen molar-refractivity contribution in [1.29, 1.82) is 0 Å². The number of nitrogens with zero attached hydrogens (tertiary/aromatic N) is 2. The Morgan fingerprint density at radius 2 is 1.91 bits per heavy atom. The van der Waals surface area contributed by atoms with Crippen LogP contribution in [-0.2, 0) is 16.1 Å². The second kappa shape index (κ2) is 6.81. The molecule has 2 aromatic rings. The predicted octanol–water partition coefficient (Wildman–Crippen LogP) is 2.35. The SMILES string of the molecule is CCC(CC)(CNC(=O)Cn1c(C)nc2ccccc21)C(=O)O. The van der Waals surface area contributed by atoms with Crippen LogP contribution in [0.4, 0.5) is 0 Å². The summed E-state index contributed by atoms with van der Waals surface area (Å²) in [6, 6.07) is 7.63. The Hall–Kier alpha value is -2.37. The summed E-state index contributed by atoms with van der Waals surface area (Å²) in [5, 5.41) is 12.2. The van der Waals surface area contributed by atoms with Crippen LogP contribution in [0.3, 0.4) is 0 Å². The van der Waals surface area contributed by atoms with Crippen LogP contribution < -0.4 is 5.32 Å². The largest absolute Gasteiger partial charge is 0.481 e. The molecule has 0 saturated heterocycles. The van der Waals surface area contributed by atoms with Gasteiger partial charge in [0.15, 0.2) is 0 Å². The molecule has 1 aromatic heterocycles. The lowest BCUT2D eigenvalue weighted by molar-refractivity contribution is -0.149. The third-order valence-electron chi connectivity index (χ3n) is 4.58. The number of hydrogen-bond acceptors (Lipinski definition) is 3. The molecule has 0 aliphatic heterocycles. The third-order valence-corrected chi connectivity index (χ3v) is 4.58. The minimum Gasteiger partial charge on any atom is -0.481 e. The van der Waals surface area contributed by atoms with Crippen LogP contribution in [0.15, 0.2) is 24.3 Å². The summed E-state index contributed by atoms with van der Waals surface area (Å²) in [5.41, 5.74) is 0.845. The molecule has 0 atom stereocenters. The van der Waals surface area contributed by atoms with Crippen LogP contribution >= 0.6 is 0 Å². The van der Waals surface area contributed by atoms with E-state index >= 15 is 0 Å². The quantitative estimate of drug-likeness (QED) is 0.821. The second-order valence-corrected chi connectivity index (χ2v) is 5.80. The van der Waals surface area contributed by atoms with Crippen molar-refractivity contribution in [3.05, 3.63) is 30.1 Å². The summed E-state index contributed by atoms with van der Waals surface area (Å²) >= 11 is 0. The molecule has 6 nitrogen and oxygen atoms in total. The summed E-state index contributed by atoms with van der Waals surface area (Å²) < 4.78 is 1.84. The number of nitrogens with one attached hydrogen (secondary N) is 1. The number of para-hydroxylation sites is 2. The lowest BCUT2D eigenvalue weighted by Gasteiger charge is -2.26. The Balaban J connectivity index is 2.10. The zero-order valence-electron chi connectivity index (χ0n) is 13.8. The monoisotopic (exact) mass is 317 g/mol. The normalized spacial score (nSPS) is 11.6. The van der Waals surface area contributed by atoms with E-state index < -0.39 is 11.4 Å². The number of amides is 1. The predicted molar refractivity (Wildman–Crippen MR) is 88.1 cm³/mol. The van der Waals surface area contributed by atoms with Gasteiger partial charge in [-0.2, -0.15) is 0 Å². The first-order valence-corrected chi connectivity index (χ1v) is 7.85. The number of hydrogen-bond donors (Lipinski definition) is 2. The van der Waals surface area contributed by atoms with Gasteiger partial charge in [0.05, 0.1) is 16.4 Å². The molecule has 0 unspecified atom stereocenters. The van der Waals surface area contributed by atoms with Gasteiger partial charge in [-0.05, 0) is 31.9 Å². The van der Waals surface area contributed by atoms with Gasteiger partial charge in [0.25, 0.3) is 0 Å². The van der Waals surface area contributed by atoms with Gasteiger partial charge in [-0.3, -0.25) is 9.59 Å². The fourth-order valence-corrected chi connectivity index (χ4v) is 2.74. The van der Waals surface area contributed by atoms with E-state index in [1.807, 2.05) is 49.6 Å². The van der Waals surface area contributed by atoms with Gasteiger partial charge in [-0.25, -0.2) is 4.98 Å². The molecule has 0 bridgehead atoms. The molecule has 124 valence electrons. The summed E-state index contributed by atoms with van der Waals surface area (Å²) in [7, 11) is 0. The molecule has 1 amide bonds. The van der Waals surface area contributed by atoms with Crippen molar-refractivity contribution in [2.24, 2.45) is 5.41 Å². The first-order valence-electron chi connectivity index (χ1n) is 7.85. The van der Waals surface area contributed by atoms with Crippen molar-refractivity contribution in [3.63, 3.8) is 0 Å². The molecule has 6 heteroatoms. The molecule has 0 aliphatic carbocycles. The second-order valence-electron chi connectivity index (χ2n) is 5.80. The van der Waals surface area contributed by atoms with Crippen molar-refractivity contribution in [3.8, 4) is 0 Å². The number of aliphatic carboxylic acids is 1. The number of aromatic nitrogens is 2. The van der Waals surface area contributed by atoms with E-state index in [0.29, 0.717) is 12.8 Å². The van der Waals surface area contributed by atoms with Gasteiger partial charge in [0, 0.05) is 6.54 Å². The van der Waals surface area contributed by atoms with Gasteiger partial charge < -0.3 is 15.0 Å². The van der Waals surface area contributed by atoms with Gasteiger partial charge in [0.1, 0.15) is 12.4 Å². The van der Waals surface area contributed by atoms with Crippen LogP contribution in [0, 0.1) is 12.3 Å². The van der Waals surface area contributed by atoms with Crippen LogP contribution in [0.5, 0.6) is 0 Å². The topological polar surface area (TPSA) is 84.2 Å². The molecule has 0 radical (unpaired) electrons. The van der Waals surface area contributed by atoms with Crippen molar-refractivity contribution in [2.45, 2.75) is 40.2 Å². The minimum absolute atomic E-state index is 0.134. The molecular formula is C17H23N3O3. The molecule has 1 heterocycles. The van der Waals surface area contributed by atoms with Crippen molar-refractivity contribution in [1.82, 2.24) is 14.9 Å². The fraction of sp³-hybridized carbons (Fsp3) is 0.471. The maximum absolute atomic E-state index is 12.3. The smallest absolute Gasteiger partial charge is 0.311 e. The first-order chi connectivity index (χ1) is 10.9. The van der Waals surface area contributed by atoms with E-state index in [0.717, 1.165) is 16.9 Å². The van der Waals surface area contributed by atoms with Crippen LogP contribution in [-0.4, -0.2) is 33.1 Å². The van der Waals surface area contributed by atoms with Crippen molar-refractivity contribution >= 4 is 22.9 Å². The van der Waals surface area contributed by atoms with E-state index in [4.69, 9.17) is 0 Å². The van der Waals surface area contributed by atoms with E-state index in [-0.39, 0.29) is 19.0 Å². The maximum atomic E-state index is 12.3. The highest BCUT2D eigenvalue weighted by Crippen LogP contribution is 2.25. The Morgan fingerprint density at radius 3 is 2.52 bits per heavy atom. The summed E-state index contributed by atoms with van der Waals surface area (Å²) in [5.74, 6) is -0.312. The number of carboxylic acid groups (broad SMARTS) is 1. The number of rotatable bonds is 7. The molecule has 2 rings (SSSR count). The van der Waals surface area contributed by atoms with Crippen LogP contribution in [0.25, 0.3) is 11.0 Å². The van der Waals surface area contributed by atoms with Gasteiger partial charge in [0.2, 0.25) is 5.91 Å². The molecule has 0 fully saturated rings. The number of aryl methyl sites for hydroxylation is 1. The molecule has 23 heavy (non-hydrogen) atoms. The first kappa shape index (κ1) is 17.0. The zero-order chi connectivity index (χ0) is 17.0. The average molecular weight is 317 g/mol. The average Bonchev–Trinajstić information content (AvgIpc) is 2.84. The lowest BCUT2D eigenvalue weighted by atomic mass is 9.82. The van der Waals surface area contributed by atoms with E-state index in [1.54, 1.807) is 0 Å². The molecule has 2 N–H and O–H groups in total. The molecule has 0 saturated carbocycles. The number of carbonyl (C=O) groups is 2. The molecule has 1 aromatic carbocycles. The maximum Gasteiger partial charge on any atom is 0.311 e. The number of benzene rings is 1. The van der Waals surface area contributed by atoms with Crippen molar-refractivity contribution in [2.75, 3.05) is 6.54 Å². The summed E-state index contributed by atoms with van der Waals surface area (Å²) in [6.45, 7) is 5.79. The van der Waals surface area contributed by atoms with Crippen LogP contribution in [0.1, 0.15) is 32.5 Å². The highest BCUT2D eigenvalue weighted by molar-refractivity contribution is 5.82. The summed E-state index contributed by atoms with van der Waals surface area (Å²) in [4.78, 5) is 28.2. The van der Waals surface area contributed by atoms with Crippen LogP contribution in [0.2, 0.25) is 0 Å². The Bertz CT molecular complexity index is 717. The lowest BCUT2D eigenvalue weighted by Crippen LogP contribution is -2.43.